The molecule has 16 heteroatoms. The van der Waals surface area contributed by atoms with E-state index in [-0.39, 0.29) is 30.3 Å². The van der Waals surface area contributed by atoms with E-state index in [0.717, 1.165) is 128 Å². The van der Waals surface area contributed by atoms with Gasteiger partial charge in [-0.2, -0.15) is 0 Å². The van der Waals surface area contributed by atoms with Gasteiger partial charge in [0, 0.05) is 29.7 Å². The quantitative estimate of drug-likeness (QED) is 0.121. The molecular weight excluding hydrogens is 1090 g/mol. The third-order valence-corrected chi connectivity index (χ3v) is 13.4. The Morgan fingerprint density at radius 1 is 0.488 bits per heavy atom. The summed E-state index contributed by atoms with van der Waals surface area (Å²) in [5.74, 6) is 4.79. The number of carboxylic acid groups (broad SMARTS) is 1. The van der Waals surface area contributed by atoms with Crippen molar-refractivity contribution in [2.75, 3.05) is 19.6 Å². The summed E-state index contributed by atoms with van der Waals surface area (Å²) in [6, 6.07) is 28.8. The number of H-pyrrole nitrogens is 3. The van der Waals surface area contributed by atoms with Crippen LogP contribution in [0.25, 0.3) is 55.7 Å². The number of carbonyl (C=O) groups excluding carboxylic acids is 2. The van der Waals surface area contributed by atoms with E-state index in [2.05, 4.69) is 169 Å². The summed E-state index contributed by atoms with van der Waals surface area (Å²) in [5, 5.41) is 11.7. The summed E-state index contributed by atoms with van der Waals surface area (Å²) < 4.78 is 12.2. The first-order valence-electron chi connectivity index (χ1n) is 29.2. The Balaban J connectivity index is 0.000000250. The van der Waals surface area contributed by atoms with Gasteiger partial charge in [0.25, 0.3) is 0 Å². The molecule has 0 bridgehead atoms. The smallest absolute Gasteiger partial charge is 0.410 e. The first-order chi connectivity index (χ1) is 38.7. The molecule has 6 heterocycles. The number of amides is 3. The Bertz CT molecular complexity index is 3120. The molecule has 3 amide bonds. The number of halogens is 1. The average Bonchev–Trinajstić information content (AvgIpc) is 4.45. The Morgan fingerprint density at radius 2 is 0.793 bits per heavy atom. The van der Waals surface area contributed by atoms with Crippen LogP contribution in [0.3, 0.4) is 0 Å². The summed E-state index contributed by atoms with van der Waals surface area (Å²) in [5.41, 5.74) is 7.04. The van der Waals surface area contributed by atoms with Crippen molar-refractivity contribution in [1.82, 2.24) is 44.6 Å². The number of benzene rings is 4. The van der Waals surface area contributed by atoms with Crippen molar-refractivity contribution in [2.24, 2.45) is 17.8 Å². The largest absolute Gasteiger partial charge is 0.465 e. The fraction of sp³-hybridized carbons (Fsp3) is 0.485. The fourth-order valence-electron chi connectivity index (χ4n) is 9.48. The summed E-state index contributed by atoms with van der Waals surface area (Å²) in [7, 11) is 0. The highest BCUT2D eigenvalue weighted by atomic mass is 79.9. The van der Waals surface area contributed by atoms with Crippen LogP contribution in [0, 0.1) is 17.8 Å². The van der Waals surface area contributed by atoms with Crippen molar-refractivity contribution in [3.8, 4) is 44.9 Å². The van der Waals surface area contributed by atoms with Crippen LogP contribution in [-0.4, -0.2) is 98.8 Å². The number of aromatic amines is 3. The zero-order valence-electron chi connectivity index (χ0n) is 51.2. The van der Waals surface area contributed by atoms with Crippen molar-refractivity contribution >= 4 is 45.0 Å². The Kier molecular flexibility index (Phi) is 22.6. The van der Waals surface area contributed by atoms with E-state index in [1.54, 1.807) is 16.0 Å². The maximum Gasteiger partial charge on any atom is 0.410 e. The fourth-order valence-corrected chi connectivity index (χ4v) is 9.75. The Hall–Kier alpha value is -6.94. The molecule has 3 aromatic heterocycles. The van der Waals surface area contributed by atoms with E-state index in [1.807, 2.05) is 78.2 Å². The highest BCUT2D eigenvalue weighted by molar-refractivity contribution is 9.10. The van der Waals surface area contributed by atoms with E-state index in [9.17, 15) is 19.5 Å². The molecule has 0 spiro atoms. The number of likely N-dealkylation sites (tertiary alicyclic amines) is 3. The highest BCUT2D eigenvalue weighted by Gasteiger charge is 2.37. The van der Waals surface area contributed by atoms with Gasteiger partial charge in [-0.25, -0.2) is 29.3 Å². The summed E-state index contributed by atoms with van der Waals surface area (Å²) in [6.45, 7) is 32.7. The first kappa shape index (κ1) is 64.2. The standard InChI is InChI=1S/C36H38N6O4.C18H22BrN3O2.3C4H10/c1-36(2,3)46-35(45)42-17-5-7-31(42)33-37-20-28(39-33)23-10-8-22(9-11-23)24-12-13-26-19-27(15-14-25(26)18-24)29-21-38-32(40-29)30-6-4-16-41(30)34(43)44;1-18(2,3)24-17(23)22-10-4-5-15(22)16-20-11-14(21-16)12-6-8-13(19)9-7-12;3*1-4(2)3/h8-15,18-21,30-31H,4-7,16-17H2,1-3H3,(H,37,39)(H,38,40)(H,43,44);6-9,11,15H,4-5,10H2,1-3H3,(H,20,21);3*4H,1-3H3. The van der Waals surface area contributed by atoms with Gasteiger partial charge in [0.15, 0.2) is 0 Å². The summed E-state index contributed by atoms with van der Waals surface area (Å²) in [6.07, 6.45) is 9.21. The number of hydrogen-bond donors (Lipinski definition) is 4. The summed E-state index contributed by atoms with van der Waals surface area (Å²) >= 11 is 3.44. The lowest BCUT2D eigenvalue weighted by atomic mass is 9.98. The number of nitrogens with zero attached hydrogens (tertiary/aromatic N) is 6. The van der Waals surface area contributed by atoms with Gasteiger partial charge in [-0.3, -0.25) is 14.7 Å². The molecule has 10 rings (SSSR count). The minimum atomic E-state index is -0.903. The lowest BCUT2D eigenvalue weighted by Gasteiger charge is -2.27. The number of ether oxygens (including phenoxy) is 2. The first-order valence-corrected chi connectivity index (χ1v) is 30.0. The van der Waals surface area contributed by atoms with Crippen LogP contribution in [0.4, 0.5) is 14.4 Å². The van der Waals surface area contributed by atoms with E-state index in [0.29, 0.717) is 25.5 Å². The van der Waals surface area contributed by atoms with Gasteiger partial charge >= 0.3 is 18.3 Å². The van der Waals surface area contributed by atoms with Crippen LogP contribution in [0.1, 0.15) is 178 Å². The van der Waals surface area contributed by atoms with Gasteiger partial charge in [-0.05, 0) is 155 Å². The lowest BCUT2D eigenvalue weighted by molar-refractivity contribution is 0.0208. The van der Waals surface area contributed by atoms with E-state index in [4.69, 9.17) is 9.47 Å². The molecule has 3 atom stereocenters. The summed E-state index contributed by atoms with van der Waals surface area (Å²) in [4.78, 5) is 65.6. The molecule has 3 saturated heterocycles. The number of nitrogens with one attached hydrogen (secondary N) is 3. The molecule has 442 valence electrons. The predicted octanol–water partition coefficient (Wildman–Crippen LogP) is 18.1. The number of hydrogen-bond acceptors (Lipinski definition) is 8. The second kappa shape index (κ2) is 28.8. The zero-order chi connectivity index (χ0) is 60.1. The number of aromatic nitrogens is 6. The topological polar surface area (TPSA) is 186 Å². The molecule has 7 aromatic rings. The monoisotopic (exact) mass is 1180 g/mol. The highest BCUT2D eigenvalue weighted by Crippen LogP contribution is 2.37. The predicted molar refractivity (Wildman–Crippen MR) is 334 cm³/mol. The molecule has 0 saturated carbocycles. The van der Waals surface area contributed by atoms with Gasteiger partial charge in [-0.1, -0.05) is 139 Å². The second-order valence-corrected chi connectivity index (χ2v) is 26.3. The number of imidazole rings is 3. The van der Waals surface area contributed by atoms with Crippen molar-refractivity contribution in [1.29, 1.82) is 0 Å². The molecule has 3 unspecified atom stereocenters. The maximum atomic E-state index is 12.8. The van der Waals surface area contributed by atoms with Crippen molar-refractivity contribution in [2.45, 2.75) is 172 Å². The van der Waals surface area contributed by atoms with Crippen LogP contribution >= 0.6 is 15.9 Å². The molecule has 15 nitrogen and oxygen atoms in total. The molecular formula is C66H90BrN9O6. The molecule has 0 aliphatic carbocycles. The molecule has 4 N–H and O–H groups in total. The van der Waals surface area contributed by atoms with Crippen molar-refractivity contribution in [3.05, 3.63) is 125 Å². The molecule has 4 aromatic carbocycles. The normalized spacial score (nSPS) is 16.9. The van der Waals surface area contributed by atoms with Gasteiger partial charge in [-0.15, -0.1) is 0 Å². The third-order valence-electron chi connectivity index (χ3n) is 12.8. The van der Waals surface area contributed by atoms with E-state index < -0.39 is 17.3 Å². The Morgan fingerprint density at radius 3 is 1.17 bits per heavy atom. The third kappa shape index (κ3) is 18.8. The van der Waals surface area contributed by atoms with Crippen LogP contribution in [0.15, 0.2) is 108 Å². The SMILES string of the molecule is CC(C)(C)OC(=O)N1CCCC1c1ncc(-c2ccc(-c3ccc4cc(-c5cnc(C6CCCN6C(=O)O)[nH]5)ccc4c3)cc2)[nH]1.CC(C)(C)OC(=O)N1CCCC1c1ncc(-c2ccc(Br)cc2)[nH]1.CC(C)C.CC(C)C.CC(C)C. The van der Waals surface area contributed by atoms with Crippen LogP contribution < -0.4 is 0 Å². The number of rotatable bonds is 7. The minimum Gasteiger partial charge on any atom is -0.465 e. The van der Waals surface area contributed by atoms with Crippen LogP contribution in [-0.2, 0) is 9.47 Å². The van der Waals surface area contributed by atoms with Crippen molar-refractivity contribution in [3.63, 3.8) is 0 Å². The average molecular weight is 1190 g/mol. The molecule has 82 heavy (non-hydrogen) atoms. The molecule has 3 aliphatic heterocycles. The number of fused-ring (bicyclic) bond motifs is 1. The van der Waals surface area contributed by atoms with Gasteiger partial charge < -0.3 is 29.5 Å². The number of carbonyl (C=O) groups is 3. The zero-order valence-corrected chi connectivity index (χ0v) is 52.8. The van der Waals surface area contributed by atoms with E-state index in [1.165, 1.54) is 4.90 Å². The van der Waals surface area contributed by atoms with Gasteiger partial charge in [0.1, 0.15) is 28.7 Å². The molecule has 0 radical (unpaired) electrons. The second-order valence-electron chi connectivity index (χ2n) is 25.4. The molecule has 3 fully saturated rings. The van der Waals surface area contributed by atoms with Crippen molar-refractivity contribution < 1.29 is 29.0 Å². The van der Waals surface area contributed by atoms with Gasteiger partial charge in [0.2, 0.25) is 0 Å². The molecule has 3 aliphatic rings. The lowest BCUT2D eigenvalue weighted by Crippen LogP contribution is -2.36. The Labute approximate surface area is 495 Å². The van der Waals surface area contributed by atoms with E-state index >= 15 is 0 Å². The maximum absolute atomic E-state index is 12.8. The minimum absolute atomic E-state index is 0.0518. The van der Waals surface area contributed by atoms with Gasteiger partial charge in [0.05, 0.1) is 53.8 Å². The van der Waals surface area contributed by atoms with Crippen LogP contribution in [0.2, 0.25) is 0 Å². The van der Waals surface area contributed by atoms with Crippen LogP contribution in [0.5, 0.6) is 0 Å².